The fourth-order valence-corrected chi connectivity index (χ4v) is 1.02. The van der Waals surface area contributed by atoms with Crippen LogP contribution in [0, 0.1) is 0 Å². The van der Waals surface area contributed by atoms with Gasteiger partial charge in [-0.15, -0.1) is 0 Å². The molecule has 0 aliphatic carbocycles. The third-order valence-electron chi connectivity index (χ3n) is 0.932. The summed E-state index contributed by atoms with van der Waals surface area (Å²) >= 11 is 0. The number of rotatable bonds is 3. The Morgan fingerprint density at radius 1 is 1.45 bits per heavy atom. The van der Waals surface area contributed by atoms with E-state index < -0.39 is 16.2 Å². The van der Waals surface area contributed by atoms with E-state index in [-0.39, 0.29) is 40.8 Å². The summed E-state index contributed by atoms with van der Waals surface area (Å²) in [6.45, 7) is 1.75. The largest absolute Gasteiger partial charge is 1.00 e. The minimum absolute atomic E-state index is 0. The van der Waals surface area contributed by atoms with Crippen LogP contribution in [0.15, 0.2) is 0 Å². The summed E-state index contributed by atoms with van der Waals surface area (Å²) in [4.78, 5) is 9.88. The summed E-state index contributed by atoms with van der Waals surface area (Å²) in [7, 11) is -2.50. The van der Waals surface area contributed by atoms with Gasteiger partial charge in [-0.2, -0.15) is 8.42 Å². The molecule has 0 atom stereocenters. The van der Waals surface area contributed by atoms with Gasteiger partial charge < -0.3 is 10.5 Å². The van der Waals surface area contributed by atoms with E-state index in [2.05, 4.69) is 0 Å². The van der Waals surface area contributed by atoms with E-state index in [0.717, 1.165) is 0 Å². The maximum Gasteiger partial charge on any atom is 1.00 e. The van der Waals surface area contributed by atoms with Crippen LogP contribution in [0.3, 0.4) is 0 Å². The number of carbonyl (C=O) groups excluding carboxylic acids is 1. The molecule has 58 valence electrons. The maximum atomic E-state index is 10.2. The van der Waals surface area contributed by atoms with Crippen LogP contribution in [-0.4, -0.2) is 19.2 Å². The molecule has 6 heteroatoms. The molecule has 0 saturated carbocycles. The van der Waals surface area contributed by atoms with Gasteiger partial charge in [0.2, 0.25) is 10.3 Å². The molecular weight excluding hydrogens is 177 g/mol. The molecular formula is C5H8NNaO3S. The molecule has 0 rings (SSSR count). The number of hydrogen-bond donors (Lipinski definition) is 0. The third kappa shape index (κ3) is 5.43. The normalized spacial score (nSPS) is 8.09. The van der Waals surface area contributed by atoms with Crippen molar-refractivity contribution in [3.05, 3.63) is 5.73 Å². The smallest absolute Gasteiger partial charge is 0.663 e. The molecule has 0 saturated heterocycles. The molecule has 0 spiro atoms. The molecule has 0 radical (unpaired) electrons. The van der Waals surface area contributed by atoms with Gasteiger partial charge in [-0.1, -0.05) is 13.3 Å². The minimum Gasteiger partial charge on any atom is -0.663 e. The van der Waals surface area contributed by atoms with Crippen molar-refractivity contribution < 1.29 is 42.8 Å². The predicted octanol–water partition coefficient (Wildman–Crippen LogP) is -2.58. The minimum atomic E-state index is -2.50. The molecule has 0 heterocycles. The fourth-order valence-electron chi connectivity index (χ4n) is 0.500. The van der Waals surface area contributed by atoms with Crippen molar-refractivity contribution in [3.63, 3.8) is 0 Å². The van der Waals surface area contributed by atoms with Crippen molar-refractivity contribution >= 4 is 21.1 Å². The van der Waals surface area contributed by atoms with Crippen molar-refractivity contribution in [1.82, 2.24) is 0 Å². The van der Waals surface area contributed by atoms with Crippen molar-refractivity contribution in [3.8, 4) is 0 Å². The molecule has 11 heavy (non-hydrogen) atoms. The second-order valence-electron chi connectivity index (χ2n) is 1.74. The number of hydrogen-bond acceptors (Lipinski definition) is 3. The fraction of sp³-hybridized carbons (Fsp3) is 0.600. The first-order valence-corrected chi connectivity index (χ1v) is 3.88. The summed E-state index contributed by atoms with van der Waals surface area (Å²) in [5, 5.41) is 0. The molecule has 1 N–H and O–H groups in total. The van der Waals surface area contributed by atoms with Crippen LogP contribution in [0.25, 0.3) is 5.73 Å². The van der Waals surface area contributed by atoms with Crippen LogP contribution in [0.2, 0.25) is 0 Å². The van der Waals surface area contributed by atoms with E-state index in [4.69, 9.17) is 5.73 Å². The average Bonchev–Trinajstić information content (AvgIpc) is 1.81. The number of nitrogens with one attached hydrogen (secondary N) is 1. The Morgan fingerprint density at radius 2 is 1.91 bits per heavy atom. The van der Waals surface area contributed by atoms with Gasteiger partial charge in [0.25, 0.3) is 0 Å². The zero-order chi connectivity index (χ0) is 8.15. The van der Waals surface area contributed by atoms with E-state index in [1.165, 1.54) is 0 Å². The Labute approximate surface area is 89.0 Å². The third-order valence-corrected chi connectivity index (χ3v) is 1.72. The first-order valence-electron chi connectivity index (χ1n) is 2.80. The van der Waals surface area contributed by atoms with Crippen LogP contribution < -0.4 is 29.6 Å². The average molecular weight is 185 g/mol. The predicted molar refractivity (Wildman–Crippen MR) is 38.2 cm³/mol. The molecule has 1 amide bonds. The summed E-state index contributed by atoms with van der Waals surface area (Å²) in [5.41, 5.74) is 6.50. The topological polar surface area (TPSA) is 75.0 Å². The molecule has 4 nitrogen and oxygen atoms in total. The Morgan fingerprint density at radius 3 is 2.00 bits per heavy atom. The van der Waals surface area contributed by atoms with Gasteiger partial charge in [-0.25, -0.2) is 0 Å². The van der Waals surface area contributed by atoms with Crippen LogP contribution in [0.1, 0.15) is 19.8 Å². The Bertz CT molecular complexity index is 249. The van der Waals surface area contributed by atoms with Crippen molar-refractivity contribution in [2.45, 2.75) is 19.8 Å². The maximum absolute atomic E-state index is 10.2. The van der Waals surface area contributed by atoms with Gasteiger partial charge >= 0.3 is 29.6 Å². The second-order valence-corrected chi connectivity index (χ2v) is 2.70. The van der Waals surface area contributed by atoms with Gasteiger partial charge in [-0.3, -0.25) is 0 Å². The SMILES string of the molecule is CCCC(C([NH-])=O)=S(=O)=O.[Na+]. The van der Waals surface area contributed by atoms with E-state index in [0.29, 0.717) is 6.42 Å². The number of amides is 1. The Hall–Kier alpha value is 0.160. The molecule has 0 aromatic carbocycles. The standard InChI is InChI=1S/C5H9NO3S.Na/c1-2-3-4(5(6)7)10(8)9;/h2-3H2,1H3,(H2,6,7);/q;+1/p-1. The molecule has 0 aliphatic heterocycles. The van der Waals surface area contributed by atoms with E-state index in [1.54, 1.807) is 6.92 Å². The summed E-state index contributed by atoms with van der Waals surface area (Å²) < 4.78 is 20.3. The summed E-state index contributed by atoms with van der Waals surface area (Å²) in [6, 6.07) is 0. The Balaban J connectivity index is 0. The number of carbonyl (C=O) groups is 1. The van der Waals surface area contributed by atoms with Crippen LogP contribution in [-0.2, 0) is 15.1 Å². The summed E-state index contributed by atoms with van der Waals surface area (Å²) in [5.74, 6) is -1.10. The van der Waals surface area contributed by atoms with Crippen molar-refractivity contribution in [1.29, 1.82) is 0 Å². The zero-order valence-corrected chi connectivity index (χ0v) is 9.36. The Kier molecular flexibility index (Phi) is 8.54. The molecule has 0 fully saturated rings. The molecule has 0 aromatic heterocycles. The monoisotopic (exact) mass is 185 g/mol. The first-order chi connectivity index (χ1) is 4.59. The van der Waals surface area contributed by atoms with Crippen molar-refractivity contribution in [2.75, 3.05) is 0 Å². The van der Waals surface area contributed by atoms with E-state index in [9.17, 15) is 13.2 Å². The van der Waals surface area contributed by atoms with Gasteiger partial charge in [0.1, 0.15) is 0 Å². The molecule has 0 bridgehead atoms. The van der Waals surface area contributed by atoms with Crippen LogP contribution in [0.5, 0.6) is 0 Å². The van der Waals surface area contributed by atoms with E-state index in [1.807, 2.05) is 0 Å². The molecule has 0 aromatic rings. The van der Waals surface area contributed by atoms with Gasteiger partial charge in [-0.05, 0) is 6.42 Å². The van der Waals surface area contributed by atoms with Crippen LogP contribution in [0.4, 0.5) is 0 Å². The van der Waals surface area contributed by atoms with Gasteiger partial charge in [0, 0.05) is 0 Å². The zero-order valence-electron chi connectivity index (χ0n) is 6.55. The quantitative estimate of drug-likeness (QED) is 0.358. The van der Waals surface area contributed by atoms with E-state index >= 15 is 0 Å². The summed E-state index contributed by atoms with van der Waals surface area (Å²) in [6.07, 6.45) is 0.729. The first kappa shape index (κ1) is 13.7. The molecule has 0 aliphatic rings. The van der Waals surface area contributed by atoms with Crippen LogP contribution >= 0.6 is 0 Å². The van der Waals surface area contributed by atoms with Gasteiger partial charge in [0.15, 0.2) is 0 Å². The van der Waals surface area contributed by atoms with Crippen molar-refractivity contribution in [2.24, 2.45) is 0 Å². The van der Waals surface area contributed by atoms with Gasteiger partial charge in [0.05, 0.1) is 10.8 Å². The second kappa shape index (κ2) is 6.84. The molecule has 0 unspecified atom stereocenters.